The molecule has 0 bridgehead atoms. The van der Waals surface area contributed by atoms with Crippen LogP contribution in [0.15, 0.2) is 12.1 Å². The number of halogens is 2. The Hall–Kier alpha value is -0.970. The largest absolute Gasteiger partial charge is 0.494 e. The SMILES string of the molecule is COc1c(Cl)ccc(Cl)c1C(=O)N1CC(O)C1. The molecule has 2 rings (SSSR count). The lowest BCUT2D eigenvalue weighted by molar-refractivity contribution is 0.00571. The molecular formula is C11H11Cl2NO3. The van der Waals surface area contributed by atoms with Crippen molar-refractivity contribution in [2.75, 3.05) is 20.2 Å². The van der Waals surface area contributed by atoms with Crippen LogP contribution in [0, 0.1) is 0 Å². The lowest BCUT2D eigenvalue weighted by atomic mass is 10.1. The maximum absolute atomic E-state index is 12.1. The number of amides is 1. The van der Waals surface area contributed by atoms with Crippen LogP contribution >= 0.6 is 23.2 Å². The number of ether oxygens (including phenoxy) is 1. The monoisotopic (exact) mass is 275 g/mol. The fourth-order valence-corrected chi connectivity index (χ4v) is 2.18. The van der Waals surface area contributed by atoms with E-state index in [0.29, 0.717) is 18.1 Å². The summed E-state index contributed by atoms with van der Waals surface area (Å²) in [6.45, 7) is 0.621. The van der Waals surface area contributed by atoms with Crippen LogP contribution in [0.4, 0.5) is 0 Å². The number of hydrogen-bond donors (Lipinski definition) is 1. The summed E-state index contributed by atoms with van der Waals surface area (Å²) in [4.78, 5) is 13.6. The number of aliphatic hydroxyl groups is 1. The zero-order valence-electron chi connectivity index (χ0n) is 9.11. The van der Waals surface area contributed by atoms with Gasteiger partial charge in [-0.05, 0) is 12.1 Å². The molecule has 1 aromatic carbocycles. The summed E-state index contributed by atoms with van der Waals surface area (Å²) in [6, 6.07) is 3.13. The van der Waals surface area contributed by atoms with Crippen LogP contribution in [0.25, 0.3) is 0 Å². The third-order valence-corrected chi connectivity index (χ3v) is 3.24. The molecule has 1 amide bonds. The molecule has 0 spiro atoms. The van der Waals surface area contributed by atoms with Gasteiger partial charge in [-0.3, -0.25) is 4.79 Å². The summed E-state index contributed by atoms with van der Waals surface area (Å²) in [6.07, 6.45) is -0.456. The number of carbonyl (C=O) groups excluding carboxylic acids is 1. The molecule has 1 N–H and O–H groups in total. The summed E-state index contributed by atoms with van der Waals surface area (Å²) in [5, 5.41) is 9.80. The minimum absolute atomic E-state index is 0.244. The highest BCUT2D eigenvalue weighted by Gasteiger charge is 2.32. The van der Waals surface area contributed by atoms with Crippen LogP contribution in [-0.2, 0) is 0 Å². The fourth-order valence-electron chi connectivity index (χ4n) is 1.71. The highest BCUT2D eigenvalue weighted by Crippen LogP contribution is 2.35. The molecule has 1 saturated heterocycles. The molecule has 17 heavy (non-hydrogen) atoms. The van der Waals surface area contributed by atoms with Crippen LogP contribution in [0.3, 0.4) is 0 Å². The standard InChI is InChI=1S/C11H11Cl2NO3/c1-17-10-8(13)3-2-7(12)9(10)11(16)14-4-6(15)5-14/h2-3,6,15H,4-5H2,1H3. The van der Waals surface area contributed by atoms with Crippen LogP contribution in [0.2, 0.25) is 10.0 Å². The molecular weight excluding hydrogens is 265 g/mol. The van der Waals surface area contributed by atoms with Gasteiger partial charge in [-0.15, -0.1) is 0 Å². The molecule has 1 aromatic rings. The van der Waals surface area contributed by atoms with Gasteiger partial charge in [-0.25, -0.2) is 0 Å². The molecule has 0 unspecified atom stereocenters. The molecule has 92 valence electrons. The second kappa shape index (κ2) is 4.72. The first kappa shape index (κ1) is 12.5. The maximum Gasteiger partial charge on any atom is 0.259 e. The smallest absolute Gasteiger partial charge is 0.259 e. The molecule has 0 aliphatic carbocycles. The van der Waals surface area contributed by atoms with Crippen molar-refractivity contribution in [3.63, 3.8) is 0 Å². The van der Waals surface area contributed by atoms with Crippen molar-refractivity contribution < 1.29 is 14.6 Å². The highest BCUT2D eigenvalue weighted by molar-refractivity contribution is 6.37. The summed E-state index contributed by atoms with van der Waals surface area (Å²) < 4.78 is 5.10. The summed E-state index contributed by atoms with van der Waals surface area (Å²) >= 11 is 11.9. The van der Waals surface area contributed by atoms with Crippen LogP contribution in [0.5, 0.6) is 5.75 Å². The van der Waals surface area contributed by atoms with Crippen LogP contribution in [-0.4, -0.2) is 42.2 Å². The molecule has 0 radical (unpaired) electrons. The minimum atomic E-state index is -0.456. The predicted octanol–water partition coefficient (Wildman–Crippen LogP) is 1.82. The van der Waals surface area contributed by atoms with Gasteiger partial charge in [-0.1, -0.05) is 23.2 Å². The van der Waals surface area contributed by atoms with E-state index in [2.05, 4.69) is 0 Å². The summed E-state index contributed by atoms with van der Waals surface area (Å²) in [7, 11) is 1.43. The van der Waals surface area contributed by atoms with Gasteiger partial charge in [0.15, 0.2) is 5.75 Å². The molecule has 0 aromatic heterocycles. The molecule has 1 aliphatic heterocycles. The zero-order valence-corrected chi connectivity index (χ0v) is 10.6. The van der Waals surface area contributed by atoms with Gasteiger partial charge in [0.1, 0.15) is 5.56 Å². The molecule has 4 nitrogen and oxygen atoms in total. The molecule has 0 saturated carbocycles. The summed E-state index contributed by atoms with van der Waals surface area (Å²) in [5.41, 5.74) is 0.244. The number of hydrogen-bond acceptors (Lipinski definition) is 3. The molecule has 1 aliphatic rings. The maximum atomic E-state index is 12.1. The third kappa shape index (κ3) is 2.20. The Labute approximate surface area is 109 Å². The number of likely N-dealkylation sites (tertiary alicyclic amines) is 1. The second-order valence-electron chi connectivity index (χ2n) is 3.80. The Bertz CT molecular complexity index is 458. The van der Waals surface area contributed by atoms with Crippen molar-refractivity contribution in [3.8, 4) is 5.75 Å². The van der Waals surface area contributed by atoms with Crippen molar-refractivity contribution in [1.82, 2.24) is 4.90 Å². The Balaban J connectivity index is 2.37. The Kier molecular flexibility index (Phi) is 3.47. The third-order valence-electron chi connectivity index (χ3n) is 2.63. The van der Waals surface area contributed by atoms with Gasteiger partial charge in [0.05, 0.1) is 23.3 Å². The van der Waals surface area contributed by atoms with Crippen LogP contribution < -0.4 is 4.74 Å². The van der Waals surface area contributed by atoms with E-state index in [1.165, 1.54) is 12.0 Å². The normalized spacial score (nSPS) is 15.6. The highest BCUT2D eigenvalue weighted by atomic mass is 35.5. The zero-order chi connectivity index (χ0) is 12.6. The van der Waals surface area contributed by atoms with Crippen molar-refractivity contribution in [3.05, 3.63) is 27.7 Å². The first-order chi connectivity index (χ1) is 8.04. The van der Waals surface area contributed by atoms with E-state index in [9.17, 15) is 9.90 Å². The lowest BCUT2D eigenvalue weighted by Gasteiger charge is -2.36. The lowest BCUT2D eigenvalue weighted by Crippen LogP contribution is -2.53. The number of nitrogens with zero attached hydrogens (tertiary/aromatic N) is 1. The Morgan fingerprint density at radius 3 is 2.53 bits per heavy atom. The Morgan fingerprint density at radius 1 is 1.41 bits per heavy atom. The van der Waals surface area contributed by atoms with Gasteiger partial charge in [0, 0.05) is 13.1 Å². The van der Waals surface area contributed by atoms with Crippen molar-refractivity contribution >= 4 is 29.1 Å². The number of benzene rings is 1. The molecule has 1 fully saturated rings. The van der Waals surface area contributed by atoms with Gasteiger partial charge >= 0.3 is 0 Å². The second-order valence-corrected chi connectivity index (χ2v) is 4.62. The summed E-state index contributed by atoms with van der Waals surface area (Å²) in [5.74, 6) is -0.00907. The van der Waals surface area contributed by atoms with Gasteiger partial charge in [0.25, 0.3) is 5.91 Å². The van der Waals surface area contributed by atoms with E-state index in [0.717, 1.165) is 0 Å². The predicted molar refractivity (Wildman–Crippen MR) is 64.9 cm³/mol. The molecule has 1 heterocycles. The fraction of sp³-hybridized carbons (Fsp3) is 0.364. The first-order valence-electron chi connectivity index (χ1n) is 5.04. The number of β-amino-alcohol motifs (C(OH)–C–C–N with tert-alkyl or cyclic N) is 1. The van der Waals surface area contributed by atoms with Gasteiger partial charge in [-0.2, -0.15) is 0 Å². The molecule has 6 heteroatoms. The molecule has 0 atom stereocenters. The number of methoxy groups -OCH3 is 1. The van der Waals surface area contributed by atoms with Gasteiger partial charge in [0.2, 0.25) is 0 Å². The van der Waals surface area contributed by atoms with Crippen molar-refractivity contribution in [2.24, 2.45) is 0 Å². The number of rotatable bonds is 2. The van der Waals surface area contributed by atoms with E-state index >= 15 is 0 Å². The van der Waals surface area contributed by atoms with E-state index in [-0.39, 0.29) is 22.2 Å². The van der Waals surface area contributed by atoms with E-state index in [4.69, 9.17) is 27.9 Å². The Morgan fingerprint density at radius 2 is 2.00 bits per heavy atom. The number of aliphatic hydroxyl groups excluding tert-OH is 1. The number of carbonyl (C=O) groups is 1. The van der Waals surface area contributed by atoms with Crippen molar-refractivity contribution in [1.29, 1.82) is 0 Å². The first-order valence-corrected chi connectivity index (χ1v) is 5.79. The van der Waals surface area contributed by atoms with E-state index in [1.807, 2.05) is 0 Å². The minimum Gasteiger partial charge on any atom is -0.494 e. The topological polar surface area (TPSA) is 49.8 Å². The van der Waals surface area contributed by atoms with E-state index < -0.39 is 6.10 Å². The van der Waals surface area contributed by atoms with E-state index in [1.54, 1.807) is 12.1 Å². The quantitative estimate of drug-likeness (QED) is 0.896. The average molecular weight is 276 g/mol. The van der Waals surface area contributed by atoms with Crippen LogP contribution in [0.1, 0.15) is 10.4 Å². The average Bonchev–Trinajstić information content (AvgIpc) is 2.26. The van der Waals surface area contributed by atoms with Crippen molar-refractivity contribution in [2.45, 2.75) is 6.10 Å². The van der Waals surface area contributed by atoms with Gasteiger partial charge < -0.3 is 14.7 Å².